The molecule has 0 spiro atoms. The first-order valence-corrected chi connectivity index (χ1v) is 9.21. The summed E-state index contributed by atoms with van der Waals surface area (Å²) in [6.45, 7) is 5.45. The molecule has 3 rings (SSSR count). The van der Waals surface area contributed by atoms with Gasteiger partial charge in [-0.1, -0.05) is 44.2 Å². The van der Waals surface area contributed by atoms with Crippen LogP contribution >= 0.6 is 0 Å². The smallest absolute Gasteiger partial charge is 0.254 e. The third-order valence-corrected chi connectivity index (χ3v) is 4.58. The van der Waals surface area contributed by atoms with E-state index >= 15 is 0 Å². The van der Waals surface area contributed by atoms with Gasteiger partial charge in [-0.3, -0.25) is 9.59 Å². The van der Waals surface area contributed by atoms with Crippen LogP contribution in [-0.4, -0.2) is 17.9 Å². The van der Waals surface area contributed by atoms with Gasteiger partial charge >= 0.3 is 0 Å². The van der Waals surface area contributed by atoms with Crippen molar-refractivity contribution < 1.29 is 18.4 Å². The number of benzene rings is 2. The van der Waals surface area contributed by atoms with E-state index in [-0.39, 0.29) is 23.4 Å². The van der Waals surface area contributed by atoms with Crippen LogP contribution in [0.3, 0.4) is 0 Å². The van der Waals surface area contributed by atoms with Gasteiger partial charge in [-0.2, -0.15) is 0 Å². The molecule has 2 unspecified atom stereocenters. The molecule has 0 saturated carbocycles. The maximum Gasteiger partial charge on any atom is 0.254 e. The maximum atomic E-state index is 13.9. The van der Waals surface area contributed by atoms with Gasteiger partial charge in [-0.05, 0) is 37.1 Å². The molecule has 0 fully saturated rings. The largest absolute Gasteiger partial charge is 0.459 e. The Kier molecular flexibility index (Phi) is 5.78. The van der Waals surface area contributed by atoms with Crippen LogP contribution in [0.1, 0.15) is 42.9 Å². The van der Waals surface area contributed by atoms with Gasteiger partial charge in [-0.25, -0.2) is 4.39 Å². The van der Waals surface area contributed by atoms with Crippen LogP contribution in [0.4, 0.5) is 4.39 Å². The van der Waals surface area contributed by atoms with Gasteiger partial charge in [0.25, 0.3) is 5.91 Å². The lowest BCUT2D eigenvalue weighted by Crippen LogP contribution is -2.50. The van der Waals surface area contributed by atoms with E-state index in [4.69, 9.17) is 4.42 Å². The monoisotopic (exact) mass is 382 g/mol. The van der Waals surface area contributed by atoms with Gasteiger partial charge in [-0.15, -0.1) is 0 Å². The lowest BCUT2D eigenvalue weighted by Gasteiger charge is -2.23. The second-order valence-electron chi connectivity index (χ2n) is 7.09. The van der Waals surface area contributed by atoms with Crippen LogP contribution < -0.4 is 10.6 Å². The molecule has 5 nitrogen and oxygen atoms in total. The first kappa shape index (κ1) is 19.6. The quantitative estimate of drug-likeness (QED) is 0.671. The van der Waals surface area contributed by atoms with Crippen molar-refractivity contribution in [1.82, 2.24) is 10.6 Å². The number of carbonyl (C=O) groups is 2. The number of hydrogen-bond donors (Lipinski definition) is 2. The molecule has 0 aliphatic carbocycles. The summed E-state index contributed by atoms with van der Waals surface area (Å²) in [6.07, 6.45) is 0. The van der Waals surface area contributed by atoms with Crippen LogP contribution in [0.5, 0.6) is 0 Å². The zero-order valence-corrected chi connectivity index (χ0v) is 16.0. The summed E-state index contributed by atoms with van der Waals surface area (Å²) < 4.78 is 19.6. The van der Waals surface area contributed by atoms with Gasteiger partial charge in [0.1, 0.15) is 23.2 Å². The molecule has 28 heavy (non-hydrogen) atoms. The molecular formula is C22H23FN2O3. The normalized spacial score (nSPS) is 13.3. The van der Waals surface area contributed by atoms with Crippen LogP contribution in [-0.2, 0) is 4.79 Å². The average Bonchev–Trinajstić information content (AvgIpc) is 3.10. The molecule has 2 amide bonds. The number of carbonyl (C=O) groups excluding carboxylic acids is 2. The van der Waals surface area contributed by atoms with E-state index in [0.29, 0.717) is 5.76 Å². The molecule has 6 heteroatoms. The number of rotatable bonds is 6. The van der Waals surface area contributed by atoms with Crippen LogP contribution in [0.15, 0.2) is 59.0 Å². The van der Waals surface area contributed by atoms with Crippen molar-refractivity contribution in [3.63, 3.8) is 0 Å². The summed E-state index contributed by atoms with van der Waals surface area (Å²) in [5, 5.41) is 6.45. The third kappa shape index (κ3) is 4.22. The molecular weight excluding hydrogens is 359 g/mol. The van der Waals surface area contributed by atoms with Crippen molar-refractivity contribution in [3.8, 4) is 0 Å². The molecule has 0 saturated heterocycles. The fraction of sp³-hybridized carbons (Fsp3) is 0.273. The molecule has 2 N–H and O–H groups in total. The van der Waals surface area contributed by atoms with E-state index in [9.17, 15) is 14.0 Å². The van der Waals surface area contributed by atoms with E-state index in [1.54, 1.807) is 6.07 Å². The Morgan fingerprint density at radius 2 is 1.64 bits per heavy atom. The Balaban J connectivity index is 1.72. The van der Waals surface area contributed by atoms with Gasteiger partial charge in [0.2, 0.25) is 5.91 Å². The number of amides is 2. The van der Waals surface area contributed by atoms with Gasteiger partial charge in [0.15, 0.2) is 0 Å². The highest BCUT2D eigenvalue weighted by Gasteiger charge is 2.27. The lowest BCUT2D eigenvalue weighted by molar-refractivity contribution is -0.124. The standard InChI is InChI=1S/C22H23FN2O3/c1-13(2)20(25-21(26)16-9-5-6-10-17(16)23)22(27)24-14(3)19-12-15-8-4-7-11-18(15)28-19/h4-14,20H,1-3H3,(H,24,27)(H,25,26). The molecule has 0 aliphatic rings. The molecule has 146 valence electrons. The van der Waals surface area contributed by atoms with Crippen LogP contribution in [0.2, 0.25) is 0 Å². The van der Waals surface area contributed by atoms with Crippen LogP contribution in [0.25, 0.3) is 11.0 Å². The Labute approximate surface area is 162 Å². The van der Waals surface area contributed by atoms with E-state index in [1.807, 2.05) is 51.1 Å². The summed E-state index contributed by atoms with van der Waals surface area (Å²) in [6, 6.07) is 14.0. The number of halogens is 1. The molecule has 2 aromatic carbocycles. The van der Waals surface area contributed by atoms with E-state index in [1.165, 1.54) is 18.2 Å². The predicted molar refractivity (Wildman–Crippen MR) is 105 cm³/mol. The highest BCUT2D eigenvalue weighted by molar-refractivity contribution is 5.97. The van der Waals surface area contributed by atoms with Crippen molar-refractivity contribution >= 4 is 22.8 Å². The number of fused-ring (bicyclic) bond motifs is 1. The van der Waals surface area contributed by atoms with Gasteiger partial charge < -0.3 is 15.1 Å². The number of nitrogens with one attached hydrogen (secondary N) is 2. The average molecular weight is 382 g/mol. The minimum absolute atomic E-state index is 0.0914. The Hall–Kier alpha value is -3.15. The molecule has 2 atom stereocenters. The summed E-state index contributed by atoms with van der Waals surface area (Å²) >= 11 is 0. The Morgan fingerprint density at radius 1 is 0.964 bits per heavy atom. The molecule has 3 aromatic rings. The number of para-hydroxylation sites is 1. The highest BCUT2D eigenvalue weighted by atomic mass is 19.1. The SMILES string of the molecule is CC(NC(=O)C(NC(=O)c1ccccc1F)C(C)C)c1cc2ccccc2o1. The predicted octanol–water partition coefficient (Wildman–Crippen LogP) is 4.20. The third-order valence-electron chi connectivity index (χ3n) is 4.58. The molecule has 1 aromatic heterocycles. The first-order chi connectivity index (χ1) is 13.4. The molecule has 0 radical (unpaired) electrons. The highest BCUT2D eigenvalue weighted by Crippen LogP contribution is 2.23. The summed E-state index contributed by atoms with van der Waals surface area (Å²) in [7, 11) is 0. The summed E-state index contributed by atoms with van der Waals surface area (Å²) in [4.78, 5) is 25.2. The summed E-state index contributed by atoms with van der Waals surface area (Å²) in [5.74, 6) is -1.16. The fourth-order valence-corrected chi connectivity index (χ4v) is 2.99. The van der Waals surface area contributed by atoms with Gasteiger partial charge in [0.05, 0.1) is 11.6 Å². The Bertz CT molecular complexity index is 963. The van der Waals surface area contributed by atoms with Crippen molar-refractivity contribution in [2.45, 2.75) is 32.9 Å². The van der Waals surface area contributed by atoms with E-state index in [0.717, 1.165) is 11.0 Å². The molecule has 0 aliphatic heterocycles. The maximum absolute atomic E-state index is 13.9. The van der Waals surface area contributed by atoms with Crippen molar-refractivity contribution in [1.29, 1.82) is 0 Å². The van der Waals surface area contributed by atoms with Crippen molar-refractivity contribution in [3.05, 3.63) is 71.7 Å². The number of furan rings is 1. The zero-order valence-electron chi connectivity index (χ0n) is 16.0. The minimum Gasteiger partial charge on any atom is -0.459 e. The molecule has 0 bridgehead atoms. The van der Waals surface area contributed by atoms with E-state index < -0.39 is 17.8 Å². The van der Waals surface area contributed by atoms with Gasteiger partial charge in [0, 0.05) is 5.39 Å². The van der Waals surface area contributed by atoms with Crippen LogP contribution in [0, 0.1) is 11.7 Å². The summed E-state index contributed by atoms with van der Waals surface area (Å²) in [5.41, 5.74) is 0.651. The van der Waals surface area contributed by atoms with E-state index in [2.05, 4.69) is 10.6 Å². The second kappa shape index (κ2) is 8.25. The Morgan fingerprint density at radius 3 is 2.32 bits per heavy atom. The van der Waals surface area contributed by atoms with Crippen molar-refractivity contribution in [2.24, 2.45) is 5.92 Å². The second-order valence-corrected chi connectivity index (χ2v) is 7.09. The topological polar surface area (TPSA) is 71.3 Å². The zero-order chi connectivity index (χ0) is 20.3. The fourth-order valence-electron chi connectivity index (χ4n) is 2.99. The lowest BCUT2D eigenvalue weighted by atomic mass is 10.0. The molecule has 1 heterocycles. The van der Waals surface area contributed by atoms with Crippen molar-refractivity contribution in [2.75, 3.05) is 0 Å². The first-order valence-electron chi connectivity index (χ1n) is 9.21. The minimum atomic E-state index is -0.807. The number of hydrogen-bond acceptors (Lipinski definition) is 3.